The maximum atomic E-state index is 13.6. The second-order valence-electron chi connectivity index (χ2n) is 13.0. The van der Waals surface area contributed by atoms with Crippen LogP contribution in [0.1, 0.15) is 107 Å². The fourth-order valence-corrected chi connectivity index (χ4v) is 6.63. The summed E-state index contributed by atoms with van der Waals surface area (Å²) in [6.45, 7) is 11.0. The second kappa shape index (κ2) is 18.5. The van der Waals surface area contributed by atoms with Crippen LogP contribution in [0.15, 0.2) is 91.0 Å². The number of aryl methyl sites for hydroxylation is 2. The predicted molar refractivity (Wildman–Crippen MR) is 190 cm³/mol. The summed E-state index contributed by atoms with van der Waals surface area (Å²) in [6, 6.07) is 24.4. The quantitative estimate of drug-likeness (QED) is 0.107. The molecule has 4 heteroatoms. The summed E-state index contributed by atoms with van der Waals surface area (Å²) in [4.78, 5) is 13.6. The van der Waals surface area contributed by atoms with Crippen molar-refractivity contribution in [2.24, 2.45) is 11.8 Å². The van der Waals surface area contributed by atoms with Gasteiger partial charge in [0.2, 0.25) is 0 Å². The number of benzene rings is 3. The molecule has 246 valence electrons. The molecule has 1 aliphatic rings. The number of ether oxygens (including phenoxy) is 2. The normalized spacial score (nSPS) is 15.0. The summed E-state index contributed by atoms with van der Waals surface area (Å²) in [5.41, 5.74) is 6.32. The molecule has 1 aliphatic carbocycles. The first-order valence-electron chi connectivity index (χ1n) is 17.4. The van der Waals surface area contributed by atoms with Gasteiger partial charge in [0.15, 0.2) is 5.78 Å². The van der Waals surface area contributed by atoms with Gasteiger partial charge in [0, 0.05) is 12.3 Å². The molecule has 1 saturated carbocycles. The predicted octanol–water partition coefficient (Wildman–Crippen LogP) is 10.3. The highest BCUT2D eigenvalue weighted by molar-refractivity contribution is 5.95. The number of aliphatic hydroxyl groups is 1. The average molecular weight is 623 g/mol. The van der Waals surface area contributed by atoms with Crippen LogP contribution in [0.3, 0.4) is 0 Å². The van der Waals surface area contributed by atoms with Gasteiger partial charge in [-0.05, 0) is 104 Å². The van der Waals surface area contributed by atoms with Crippen molar-refractivity contribution in [3.8, 4) is 11.5 Å². The van der Waals surface area contributed by atoms with Gasteiger partial charge in [-0.2, -0.15) is 0 Å². The van der Waals surface area contributed by atoms with Crippen molar-refractivity contribution in [1.82, 2.24) is 0 Å². The number of Topliss-reactive ketones (excluding diaryl/α,β-unsaturated/α-hetero) is 1. The summed E-state index contributed by atoms with van der Waals surface area (Å²) >= 11 is 0. The molecule has 0 radical (unpaired) electrons. The molecule has 2 unspecified atom stereocenters. The first-order valence-corrected chi connectivity index (χ1v) is 17.4. The number of carbonyl (C=O) groups is 1. The zero-order chi connectivity index (χ0) is 32.7. The molecule has 0 aromatic heterocycles. The Morgan fingerprint density at radius 3 is 2.15 bits per heavy atom. The summed E-state index contributed by atoms with van der Waals surface area (Å²) in [7, 11) is 0. The molecular weight excluding hydrogens is 568 g/mol. The van der Waals surface area contributed by atoms with E-state index >= 15 is 0 Å². The number of hydrogen-bond acceptors (Lipinski definition) is 4. The van der Waals surface area contributed by atoms with Gasteiger partial charge in [-0.25, -0.2) is 0 Å². The lowest BCUT2D eigenvalue weighted by atomic mass is 9.79. The van der Waals surface area contributed by atoms with Crippen molar-refractivity contribution >= 4 is 11.4 Å². The van der Waals surface area contributed by atoms with E-state index in [4.69, 9.17) is 9.47 Å². The number of unbranched alkanes of at least 4 members (excludes halogenated alkanes) is 1. The van der Waals surface area contributed by atoms with Crippen LogP contribution in [-0.2, 0) is 17.6 Å². The Hall–Kier alpha value is -3.63. The monoisotopic (exact) mass is 622 g/mol. The summed E-state index contributed by atoms with van der Waals surface area (Å²) in [6.07, 6.45) is 12.6. The summed E-state index contributed by atoms with van der Waals surface area (Å²) in [5.74, 6) is 2.02. The van der Waals surface area contributed by atoms with Gasteiger partial charge in [0.05, 0.1) is 6.10 Å². The van der Waals surface area contributed by atoms with Gasteiger partial charge < -0.3 is 14.6 Å². The number of hydrogen-bond donors (Lipinski definition) is 1. The highest BCUT2D eigenvalue weighted by atomic mass is 16.5. The highest BCUT2D eigenvalue weighted by Gasteiger charge is 2.31. The Labute approximate surface area is 277 Å². The maximum absolute atomic E-state index is 13.6. The van der Waals surface area contributed by atoms with Crippen LogP contribution in [-0.4, -0.2) is 24.1 Å². The van der Waals surface area contributed by atoms with Crippen molar-refractivity contribution in [3.05, 3.63) is 113 Å². The zero-order valence-corrected chi connectivity index (χ0v) is 28.3. The fraction of sp³-hybridized carbons (Fsp3) is 0.452. The first-order chi connectivity index (χ1) is 22.4. The number of allylic oxidation sites excluding steroid dienone is 2. The van der Waals surface area contributed by atoms with E-state index in [1.54, 1.807) is 0 Å². The second-order valence-corrected chi connectivity index (χ2v) is 13.0. The van der Waals surface area contributed by atoms with Crippen molar-refractivity contribution in [3.63, 3.8) is 0 Å². The average Bonchev–Trinajstić information content (AvgIpc) is 3.60. The Balaban J connectivity index is 1.33. The third-order valence-corrected chi connectivity index (χ3v) is 9.36. The minimum atomic E-state index is -0.746. The number of aliphatic hydroxyl groups excluding tert-OH is 1. The van der Waals surface area contributed by atoms with Crippen LogP contribution < -0.4 is 9.47 Å². The Morgan fingerprint density at radius 1 is 0.913 bits per heavy atom. The van der Waals surface area contributed by atoms with Crippen LogP contribution in [0.25, 0.3) is 5.57 Å². The van der Waals surface area contributed by atoms with E-state index in [1.807, 2.05) is 68.5 Å². The van der Waals surface area contributed by atoms with Gasteiger partial charge in [-0.3, -0.25) is 4.79 Å². The smallest absolute Gasteiger partial charge is 0.158 e. The molecular formula is C42H54O4. The molecule has 1 fully saturated rings. The van der Waals surface area contributed by atoms with E-state index in [-0.39, 0.29) is 11.7 Å². The molecule has 0 amide bonds. The topological polar surface area (TPSA) is 55.8 Å². The van der Waals surface area contributed by atoms with Crippen molar-refractivity contribution in [2.45, 2.75) is 97.5 Å². The molecule has 0 bridgehead atoms. The summed E-state index contributed by atoms with van der Waals surface area (Å²) < 4.78 is 11.8. The van der Waals surface area contributed by atoms with Crippen LogP contribution >= 0.6 is 0 Å². The van der Waals surface area contributed by atoms with E-state index in [2.05, 4.69) is 37.8 Å². The molecule has 0 heterocycles. The maximum Gasteiger partial charge on any atom is 0.158 e. The van der Waals surface area contributed by atoms with Crippen molar-refractivity contribution in [1.29, 1.82) is 0 Å². The largest absolute Gasteiger partial charge is 0.490 e. The third kappa shape index (κ3) is 10.7. The van der Waals surface area contributed by atoms with Crippen molar-refractivity contribution < 1.29 is 19.4 Å². The Kier molecular flexibility index (Phi) is 14.2. The number of ketones is 1. The lowest BCUT2D eigenvalue weighted by molar-refractivity contribution is -0.116. The molecule has 0 saturated heterocycles. The van der Waals surface area contributed by atoms with Crippen LogP contribution in [0.2, 0.25) is 0 Å². The van der Waals surface area contributed by atoms with Gasteiger partial charge in [0.25, 0.3) is 0 Å². The molecule has 0 spiro atoms. The SMILES string of the molecule is C=C(C)c1cccc(OCCOc2ccc(C(O)C(CC3CCCC3)/C(=C\C)C(=O)CCCc3ccc(CCCC)cc3)cc2)c1. The number of carbonyl (C=O) groups excluding carboxylic acids is 1. The van der Waals surface area contributed by atoms with E-state index in [1.165, 1.54) is 49.7 Å². The van der Waals surface area contributed by atoms with Crippen LogP contribution in [0.4, 0.5) is 0 Å². The molecule has 3 aromatic carbocycles. The number of rotatable bonds is 19. The van der Waals surface area contributed by atoms with Gasteiger partial charge in [-0.1, -0.05) is 106 Å². The molecule has 4 rings (SSSR count). The molecule has 3 aromatic rings. The van der Waals surface area contributed by atoms with E-state index < -0.39 is 6.10 Å². The first kappa shape index (κ1) is 35.2. The van der Waals surface area contributed by atoms with Crippen LogP contribution in [0, 0.1) is 11.8 Å². The zero-order valence-electron chi connectivity index (χ0n) is 28.3. The summed E-state index contributed by atoms with van der Waals surface area (Å²) in [5, 5.41) is 11.7. The van der Waals surface area contributed by atoms with Gasteiger partial charge >= 0.3 is 0 Å². The lowest BCUT2D eigenvalue weighted by Crippen LogP contribution is -2.23. The minimum Gasteiger partial charge on any atom is -0.490 e. The molecule has 0 aliphatic heterocycles. The molecule has 1 N–H and O–H groups in total. The highest BCUT2D eigenvalue weighted by Crippen LogP contribution is 2.39. The van der Waals surface area contributed by atoms with Gasteiger partial charge in [0.1, 0.15) is 24.7 Å². The van der Waals surface area contributed by atoms with Crippen LogP contribution in [0.5, 0.6) is 11.5 Å². The van der Waals surface area contributed by atoms with E-state index in [0.29, 0.717) is 25.6 Å². The molecule has 4 nitrogen and oxygen atoms in total. The minimum absolute atomic E-state index is 0.165. The Morgan fingerprint density at radius 2 is 1.54 bits per heavy atom. The Bertz CT molecular complexity index is 1400. The van der Waals surface area contributed by atoms with E-state index in [0.717, 1.165) is 59.5 Å². The van der Waals surface area contributed by atoms with Crippen molar-refractivity contribution in [2.75, 3.05) is 13.2 Å². The standard InChI is InChI=1S/C42H54O4/c1-5-7-12-32-19-21-33(22-20-32)15-10-18-41(43)39(6-2)40(29-34-13-8-9-14-34)42(44)35-23-25-37(26-24-35)45-27-28-46-38-17-11-16-36(30-38)31(3)4/h6,11,16-17,19-26,30,34,40,42,44H,3,5,7-10,12-15,18,27-29H2,1-2,4H3/b39-6+. The lowest BCUT2D eigenvalue weighted by Gasteiger charge is -2.28. The van der Waals surface area contributed by atoms with E-state index in [9.17, 15) is 9.90 Å². The third-order valence-electron chi connectivity index (χ3n) is 9.36. The fourth-order valence-electron chi connectivity index (χ4n) is 6.63. The van der Waals surface area contributed by atoms with Gasteiger partial charge in [-0.15, -0.1) is 0 Å². The molecule has 46 heavy (non-hydrogen) atoms. The molecule has 2 atom stereocenters.